The second-order valence-electron chi connectivity index (χ2n) is 8.08. The summed E-state index contributed by atoms with van der Waals surface area (Å²) in [5, 5.41) is 0. The molecule has 7 heteroatoms. The standard InChI is InChI=1S/C24H28N2O2S.2H2O.H2/c1-16(27)26-13-11-17(12-14-26)15-22(19-5-7-20(29-2)8-6-19)23-10-9-21(18-3-4-18)24(28)25-23;;;/h5-10,15,17-18H,3-4,11-14H2,1-2H3,(H,25,28);2*1H2;1H/b22-15+;;;. The molecule has 1 aromatic heterocycles. The van der Waals surface area contributed by atoms with E-state index in [1.54, 1.807) is 18.7 Å². The first-order chi connectivity index (χ1) is 14.0. The van der Waals surface area contributed by atoms with Crippen molar-refractivity contribution < 1.29 is 17.2 Å². The molecule has 1 amide bonds. The number of nitrogens with zero attached hydrogens (tertiary/aromatic N) is 1. The van der Waals surface area contributed by atoms with Gasteiger partial charge in [0.2, 0.25) is 5.91 Å². The number of carbonyl (C=O) groups is 1. The van der Waals surface area contributed by atoms with Gasteiger partial charge in [0, 0.05) is 43.2 Å². The molecule has 0 atom stereocenters. The summed E-state index contributed by atoms with van der Waals surface area (Å²) >= 11 is 1.72. The molecule has 0 spiro atoms. The van der Waals surface area contributed by atoms with E-state index in [-0.39, 0.29) is 23.8 Å². The number of thioether (sulfide) groups is 1. The lowest BCUT2D eigenvalue weighted by molar-refractivity contribution is -0.129. The predicted molar refractivity (Wildman–Crippen MR) is 129 cm³/mol. The second-order valence-corrected chi connectivity index (χ2v) is 8.96. The minimum atomic E-state index is 0. The molecule has 5 N–H and O–H groups in total. The average Bonchev–Trinajstić information content (AvgIpc) is 3.57. The van der Waals surface area contributed by atoms with Crippen molar-refractivity contribution >= 4 is 23.2 Å². The maximum absolute atomic E-state index is 12.6. The number of aromatic nitrogens is 1. The summed E-state index contributed by atoms with van der Waals surface area (Å²) < 4.78 is 0. The van der Waals surface area contributed by atoms with Crippen molar-refractivity contribution in [2.45, 2.75) is 43.4 Å². The monoisotopic (exact) mass is 446 g/mol. The number of H-pyrrole nitrogens is 1. The second kappa shape index (κ2) is 10.8. The number of amides is 1. The van der Waals surface area contributed by atoms with E-state index in [4.69, 9.17) is 0 Å². The molecule has 1 saturated carbocycles. The topological polar surface area (TPSA) is 116 Å². The minimum absolute atomic E-state index is 0. The fourth-order valence-corrected chi connectivity index (χ4v) is 4.49. The van der Waals surface area contributed by atoms with E-state index in [9.17, 15) is 9.59 Å². The number of allylic oxidation sites excluding steroid dienone is 1. The van der Waals surface area contributed by atoms with Gasteiger partial charge in [0.05, 0.1) is 0 Å². The molecule has 6 nitrogen and oxygen atoms in total. The molecular weight excluding hydrogens is 412 g/mol. The Balaban J connectivity index is 0.00000171. The summed E-state index contributed by atoms with van der Waals surface area (Å²) in [6, 6.07) is 12.6. The van der Waals surface area contributed by atoms with E-state index in [0.29, 0.717) is 11.8 Å². The summed E-state index contributed by atoms with van der Waals surface area (Å²) in [7, 11) is 0. The highest BCUT2D eigenvalue weighted by molar-refractivity contribution is 7.98. The first-order valence-electron chi connectivity index (χ1n) is 10.4. The van der Waals surface area contributed by atoms with Crippen LogP contribution in [0.5, 0.6) is 0 Å². The van der Waals surface area contributed by atoms with Crippen LogP contribution >= 0.6 is 11.8 Å². The third-order valence-corrected chi connectivity index (χ3v) is 6.78. The lowest BCUT2D eigenvalue weighted by Gasteiger charge is -2.30. The van der Waals surface area contributed by atoms with Gasteiger partial charge < -0.3 is 20.8 Å². The van der Waals surface area contributed by atoms with Crippen LogP contribution in [0.2, 0.25) is 0 Å². The van der Waals surface area contributed by atoms with E-state index in [0.717, 1.165) is 61.2 Å². The number of hydrogen-bond acceptors (Lipinski definition) is 3. The molecule has 170 valence electrons. The van der Waals surface area contributed by atoms with Crippen LogP contribution in [-0.2, 0) is 4.79 Å². The van der Waals surface area contributed by atoms with Gasteiger partial charge in [-0.25, -0.2) is 0 Å². The Morgan fingerprint density at radius 1 is 1.06 bits per heavy atom. The number of carbonyl (C=O) groups excluding carboxylic acids is 1. The molecule has 1 aliphatic heterocycles. The van der Waals surface area contributed by atoms with Crippen LogP contribution in [0.1, 0.15) is 56.8 Å². The Morgan fingerprint density at radius 2 is 1.71 bits per heavy atom. The average molecular weight is 447 g/mol. The zero-order valence-corrected chi connectivity index (χ0v) is 18.9. The summed E-state index contributed by atoms with van der Waals surface area (Å²) in [4.78, 5) is 30.6. The Labute approximate surface area is 188 Å². The molecule has 1 aromatic carbocycles. The molecule has 4 rings (SSSR count). The number of hydrogen-bond donors (Lipinski definition) is 1. The van der Waals surface area contributed by atoms with Crippen molar-refractivity contribution in [3.05, 3.63) is 69.6 Å². The third-order valence-electron chi connectivity index (χ3n) is 6.04. The number of rotatable bonds is 5. The van der Waals surface area contributed by atoms with Crippen molar-refractivity contribution in [2.24, 2.45) is 5.92 Å². The van der Waals surface area contributed by atoms with Gasteiger partial charge in [0.15, 0.2) is 0 Å². The Morgan fingerprint density at radius 3 is 2.23 bits per heavy atom. The van der Waals surface area contributed by atoms with Crippen molar-refractivity contribution in [1.82, 2.24) is 9.88 Å². The highest BCUT2D eigenvalue weighted by atomic mass is 32.2. The summed E-state index contributed by atoms with van der Waals surface area (Å²) in [6.45, 7) is 3.24. The Hall–Kier alpha value is -2.35. The molecule has 0 radical (unpaired) electrons. The maximum atomic E-state index is 12.6. The molecule has 0 bridgehead atoms. The molecule has 0 unspecified atom stereocenters. The van der Waals surface area contributed by atoms with Crippen LogP contribution in [0.25, 0.3) is 5.57 Å². The van der Waals surface area contributed by atoms with Crippen molar-refractivity contribution in [2.75, 3.05) is 19.3 Å². The highest BCUT2D eigenvalue weighted by Crippen LogP contribution is 2.38. The largest absolute Gasteiger partial charge is 0.412 e. The number of aromatic amines is 1. The Kier molecular flexibility index (Phi) is 8.68. The number of benzene rings is 1. The number of likely N-dealkylation sites (tertiary alicyclic amines) is 1. The van der Waals surface area contributed by atoms with Crippen LogP contribution < -0.4 is 5.56 Å². The molecule has 2 fully saturated rings. The predicted octanol–water partition coefficient (Wildman–Crippen LogP) is 3.26. The summed E-state index contributed by atoms with van der Waals surface area (Å²) in [5.74, 6) is 0.990. The first-order valence-corrected chi connectivity index (χ1v) is 11.6. The molecule has 2 heterocycles. The normalized spacial score (nSPS) is 17.0. The van der Waals surface area contributed by atoms with Crippen molar-refractivity contribution in [3.8, 4) is 0 Å². The molecule has 1 aliphatic carbocycles. The molecule has 2 aliphatic rings. The molecule has 1 saturated heterocycles. The van der Waals surface area contributed by atoms with E-state index < -0.39 is 0 Å². The van der Waals surface area contributed by atoms with E-state index in [1.165, 1.54) is 4.90 Å². The summed E-state index contributed by atoms with van der Waals surface area (Å²) in [5.41, 5.74) is 4.04. The fourth-order valence-electron chi connectivity index (χ4n) is 4.09. The smallest absolute Gasteiger partial charge is 0.251 e. The van der Waals surface area contributed by atoms with Gasteiger partial charge in [-0.1, -0.05) is 24.3 Å². The zero-order valence-electron chi connectivity index (χ0n) is 18.1. The highest BCUT2D eigenvalue weighted by Gasteiger charge is 2.26. The van der Waals surface area contributed by atoms with Crippen molar-refractivity contribution in [1.29, 1.82) is 0 Å². The fraction of sp³-hybridized carbons (Fsp3) is 0.417. The number of nitrogens with one attached hydrogen (secondary N) is 1. The first kappa shape index (κ1) is 24.9. The minimum Gasteiger partial charge on any atom is -0.412 e. The lowest BCUT2D eigenvalue weighted by Crippen LogP contribution is -2.36. The van der Waals surface area contributed by atoms with Gasteiger partial charge >= 0.3 is 0 Å². The summed E-state index contributed by atoms with van der Waals surface area (Å²) in [6.07, 6.45) is 8.52. The van der Waals surface area contributed by atoms with Crippen LogP contribution in [-0.4, -0.2) is 46.1 Å². The van der Waals surface area contributed by atoms with Crippen LogP contribution in [0, 0.1) is 5.92 Å². The molecular formula is C24H34N2O4S. The van der Waals surface area contributed by atoms with Gasteiger partial charge in [-0.15, -0.1) is 11.8 Å². The van der Waals surface area contributed by atoms with Crippen LogP contribution in [0.3, 0.4) is 0 Å². The van der Waals surface area contributed by atoms with Gasteiger partial charge in [-0.3, -0.25) is 9.59 Å². The third kappa shape index (κ3) is 5.87. The number of pyridine rings is 1. The van der Waals surface area contributed by atoms with E-state index in [1.807, 2.05) is 11.0 Å². The lowest BCUT2D eigenvalue weighted by atomic mass is 9.90. The van der Waals surface area contributed by atoms with Gasteiger partial charge in [0.1, 0.15) is 0 Å². The molecule has 31 heavy (non-hydrogen) atoms. The van der Waals surface area contributed by atoms with E-state index in [2.05, 4.69) is 47.6 Å². The SMILES string of the molecule is CSc1ccc(/C(=C\C2CCN(C(C)=O)CC2)c2ccc(C3CC3)c(=O)[nH]2)cc1.O.O.[HH]. The maximum Gasteiger partial charge on any atom is 0.251 e. The zero-order chi connectivity index (χ0) is 20.4. The molecule has 2 aromatic rings. The van der Waals surface area contributed by atoms with Gasteiger partial charge in [0.25, 0.3) is 5.56 Å². The number of piperidine rings is 1. The van der Waals surface area contributed by atoms with E-state index >= 15 is 0 Å². The quantitative estimate of drug-likeness (QED) is 0.710. The Bertz CT molecular complexity index is 978. The van der Waals surface area contributed by atoms with Crippen LogP contribution in [0.4, 0.5) is 0 Å². The van der Waals surface area contributed by atoms with Crippen molar-refractivity contribution in [3.63, 3.8) is 0 Å². The van der Waals surface area contributed by atoms with Gasteiger partial charge in [-0.2, -0.15) is 0 Å². The van der Waals surface area contributed by atoms with Crippen LogP contribution in [0.15, 0.2) is 52.2 Å². The van der Waals surface area contributed by atoms with Gasteiger partial charge in [-0.05, 0) is 67.5 Å².